The number of allylic oxidation sites excluding steroid dienone is 1. The minimum atomic E-state index is -0.648. The Balaban J connectivity index is 1.70. The van der Waals surface area contributed by atoms with Crippen molar-refractivity contribution in [2.45, 2.75) is 19.9 Å². The van der Waals surface area contributed by atoms with E-state index >= 15 is 0 Å². The van der Waals surface area contributed by atoms with Crippen LogP contribution < -0.4 is 20.2 Å². The summed E-state index contributed by atoms with van der Waals surface area (Å²) < 4.78 is 8.97. The molecule has 8 nitrogen and oxygen atoms in total. The van der Waals surface area contributed by atoms with Crippen LogP contribution in [0.3, 0.4) is 0 Å². The lowest BCUT2D eigenvalue weighted by Gasteiger charge is -2.25. The summed E-state index contributed by atoms with van der Waals surface area (Å²) in [5.74, 6) is -0.306. The number of benzene rings is 1. The summed E-state index contributed by atoms with van der Waals surface area (Å²) >= 11 is 1.29. The maximum Gasteiger partial charge on any atom is 0.271 e. The van der Waals surface area contributed by atoms with Crippen LogP contribution in [0, 0.1) is 6.92 Å². The molecule has 0 aliphatic carbocycles. The highest BCUT2D eigenvalue weighted by atomic mass is 32.1. The average molecular weight is 460 g/mol. The molecule has 0 saturated heterocycles. The average Bonchev–Trinajstić information content (AvgIpc) is 3.50. The van der Waals surface area contributed by atoms with Gasteiger partial charge in [0.05, 0.1) is 34.5 Å². The van der Waals surface area contributed by atoms with Crippen LogP contribution in [0.4, 0.5) is 5.69 Å². The number of hydrogen-bond acceptors (Lipinski definition) is 6. The van der Waals surface area contributed by atoms with Gasteiger partial charge in [0.25, 0.3) is 11.5 Å². The van der Waals surface area contributed by atoms with Gasteiger partial charge in [-0.05, 0) is 38.1 Å². The first kappa shape index (κ1) is 20.9. The zero-order valence-electron chi connectivity index (χ0n) is 18.3. The second-order valence-electron chi connectivity index (χ2n) is 7.77. The molecule has 0 spiro atoms. The van der Waals surface area contributed by atoms with E-state index in [1.165, 1.54) is 11.3 Å². The number of rotatable bonds is 4. The molecular weight excluding hydrogens is 438 g/mol. The van der Waals surface area contributed by atoms with Gasteiger partial charge in [0.15, 0.2) is 4.80 Å². The molecular formula is C24H21N5O3S. The summed E-state index contributed by atoms with van der Waals surface area (Å²) in [6.45, 7) is 3.72. The molecule has 9 heteroatoms. The van der Waals surface area contributed by atoms with Crippen molar-refractivity contribution < 1.29 is 9.21 Å². The van der Waals surface area contributed by atoms with Crippen LogP contribution in [-0.4, -0.2) is 20.3 Å². The maximum absolute atomic E-state index is 13.5. The van der Waals surface area contributed by atoms with E-state index < -0.39 is 6.04 Å². The number of nitrogens with one attached hydrogen (secondary N) is 1. The van der Waals surface area contributed by atoms with Gasteiger partial charge in [0.2, 0.25) is 0 Å². The fourth-order valence-electron chi connectivity index (χ4n) is 3.92. The van der Waals surface area contributed by atoms with Crippen LogP contribution >= 0.6 is 11.3 Å². The topological polar surface area (TPSA) is 94.4 Å². The van der Waals surface area contributed by atoms with Crippen LogP contribution in [0.25, 0.3) is 6.08 Å². The smallest absolute Gasteiger partial charge is 0.271 e. The van der Waals surface area contributed by atoms with Crippen LogP contribution in [-0.2, 0) is 11.8 Å². The zero-order valence-corrected chi connectivity index (χ0v) is 19.1. The molecule has 5 rings (SSSR count). The Bertz CT molecular complexity index is 1560. The number of amides is 1. The number of anilines is 1. The lowest BCUT2D eigenvalue weighted by molar-refractivity contribution is -0.113. The number of carbonyl (C=O) groups is 1. The van der Waals surface area contributed by atoms with Gasteiger partial charge in [-0.15, -0.1) is 0 Å². The van der Waals surface area contributed by atoms with E-state index in [1.807, 2.05) is 44.3 Å². The first-order valence-corrected chi connectivity index (χ1v) is 11.2. The van der Waals surface area contributed by atoms with Gasteiger partial charge in [-0.2, -0.15) is 5.10 Å². The number of aromatic nitrogens is 3. The number of aryl methyl sites for hydroxylation is 1. The largest absolute Gasteiger partial charge is 0.472 e. The third-order valence-corrected chi connectivity index (χ3v) is 6.69. The van der Waals surface area contributed by atoms with E-state index in [0.29, 0.717) is 26.3 Å². The lowest BCUT2D eigenvalue weighted by Crippen LogP contribution is -2.40. The third-order valence-electron chi connectivity index (χ3n) is 5.71. The second kappa shape index (κ2) is 8.18. The Labute approximate surface area is 192 Å². The molecule has 33 heavy (non-hydrogen) atoms. The first-order chi connectivity index (χ1) is 15.9. The van der Waals surface area contributed by atoms with Gasteiger partial charge in [0, 0.05) is 29.6 Å². The molecule has 1 N–H and O–H groups in total. The lowest BCUT2D eigenvalue weighted by atomic mass is 9.95. The number of carbonyl (C=O) groups excluding carboxylic acids is 1. The van der Waals surface area contributed by atoms with E-state index in [9.17, 15) is 9.59 Å². The summed E-state index contributed by atoms with van der Waals surface area (Å²) in [6, 6.07) is 10.4. The summed E-state index contributed by atoms with van der Waals surface area (Å²) in [7, 11) is 1.84. The highest BCUT2D eigenvalue weighted by Gasteiger charge is 2.34. The Morgan fingerprint density at radius 1 is 1.21 bits per heavy atom. The van der Waals surface area contributed by atoms with Gasteiger partial charge in [0.1, 0.15) is 6.04 Å². The number of furan rings is 1. The predicted molar refractivity (Wildman–Crippen MR) is 125 cm³/mol. The number of para-hydroxylation sites is 1. The molecule has 1 aliphatic rings. The van der Waals surface area contributed by atoms with Gasteiger partial charge in [-0.25, -0.2) is 4.99 Å². The molecule has 1 aromatic carbocycles. The third kappa shape index (κ3) is 3.66. The van der Waals surface area contributed by atoms with Crippen molar-refractivity contribution in [2.24, 2.45) is 12.0 Å². The van der Waals surface area contributed by atoms with Crippen molar-refractivity contribution in [2.75, 3.05) is 5.32 Å². The molecule has 0 saturated carbocycles. The molecule has 166 valence electrons. The quantitative estimate of drug-likeness (QED) is 0.507. The Morgan fingerprint density at radius 3 is 2.67 bits per heavy atom. The van der Waals surface area contributed by atoms with Gasteiger partial charge in [-0.3, -0.25) is 18.8 Å². The van der Waals surface area contributed by atoms with Gasteiger partial charge < -0.3 is 9.73 Å². The maximum atomic E-state index is 13.5. The van der Waals surface area contributed by atoms with E-state index in [0.717, 1.165) is 16.8 Å². The molecule has 0 fully saturated rings. The van der Waals surface area contributed by atoms with Crippen molar-refractivity contribution in [3.05, 3.63) is 103 Å². The Morgan fingerprint density at radius 2 is 2.00 bits per heavy atom. The molecule has 3 aromatic heterocycles. The van der Waals surface area contributed by atoms with E-state index in [1.54, 1.807) is 47.0 Å². The minimum absolute atomic E-state index is 0.217. The molecule has 4 heterocycles. The van der Waals surface area contributed by atoms with E-state index in [4.69, 9.17) is 4.42 Å². The number of hydrogen-bond donors (Lipinski definition) is 1. The highest BCUT2D eigenvalue weighted by Crippen LogP contribution is 2.32. The van der Waals surface area contributed by atoms with E-state index in [2.05, 4.69) is 15.4 Å². The van der Waals surface area contributed by atoms with Crippen LogP contribution in [0.2, 0.25) is 0 Å². The molecule has 4 aromatic rings. The summed E-state index contributed by atoms with van der Waals surface area (Å²) in [4.78, 5) is 32.2. The second-order valence-corrected chi connectivity index (χ2v) is 8.78. The fraction of sp³-hybridized carbons (Fsp3) is 0.167. The SMILES string of the molecule is CC1=C(C(=O)Nc2ccccc2)C(c2cnn(C)c2C)n2c(sc(=Cc3ccoc3)c2=O)=N1. The minimum Gasteiger partial charge on any atom is -0.472 e. The predicted octanol–water partition coefficient (Wildman–Crippen LogP) is 2.51. The van der Waals surface area contributed by atoms with Crippen molar-refractivity contribution >= 4 is 29.0 Å². The van der Waals surface area contributed by atoms with Crippen molar-refractivity contribution in [3.8, 4) is 0 Å². The number of nitrogens with zero attached hydrogens (tertiary/aromatic N) is 4. The van der Waals surface area contributed by atoms with Crippen LogP contribution in [0.15, 0.2) is 80.6 Å². The van der Waals surface area contributed by atoms with Crippen LogP contribution in [0.1, 0.15) is 29.8 Å². The Hall–Kier alpha value is -3.98. The molecule has 1 atom stereocenters. The standard InChI is InChI=1S/C24H21N5O3S/c1-14-20(22(30)27-17-7-5-4-6-8-17)21(18-12-25-28(3)15(18)2)29-23(31)19(33-24(29)26-14)11-16-9-10-32-13-16/h4-13,21H,1-3H3,(H,27,30). The molecule has 1 aliphatic heterocycles. The fourth-order valence-corrected chi connectivity index (χ4v) is 4.97. The number of fused-ring (bicyclic) bond motifs is 1. The normalized spacial score (nSPS) is 16.0. The molecule has 0 bridgehead atoms. The summed E-state index contributed by atoms with van der Waals surface area (Å²) in [6.07, 6.45) is 6.61. The van der Waals surface area contributed by atoms with E-state index in [-0.39, 0.29) is 11.5 Å². The molecule has 1 unspecified atom stereocenters. The first-order valence-electron chi connectivity index (χ1n) is 10.3. The molecule has 1 amide bonds. The van der Waals surface area contributed by atoms with Gasteiger partial charge in [-0.1, -0.05) is 29.5 Å². The molecule has 0 radical (unpaired) electrons. The summed E-state index contributed by atoms with van der Waals surface area (Å²) in [5, 5.41) is 7.31. The zero-order chi connectivity index (χ0) is 23.1. The number of thiazole rings is 1. The highest BCUT2D eigenvalue weighted by molar-refractivity contribution is 7.07. The summed E-state index contributed by atoms with van der Waals surface area (Å²) in [5.41, 5.74) is 3.86. The monoisotopic (exact) mass is 459 g/mol. The van der Waals surface area contributed by atoms with Crippen molar-refractivity contribution in [1.29, 1.82) is 0 Å². The Kier molecular flexibility index (Phi) is 5.18. The van der Waals surface area contributed by atoms with Crippen molar-refractivity contribution in [1.82, 2.24) is 14.3 Å². The van der Waals surface area contributed by atoms with Crippen molar-refractivity contribution in [3.63, 3.8) is 0 Å². The van der Waals surface area contributed by atoms with Crippen LogP contribution in [0.5, 0.6) is 0 Å². The van der Waals surface area contributed by atoms with Gasteiger partial charge >= 0.3 is 0 Å².